The van der Waals surface area contributed by atoms with Crippen LogP contribution >= 0.6 is 0 Å². The van der Waals surface area contributed by atoms with Crippen LogP contribution in [-0.2, 0) is 0 Å². The van der Waals surface area contributed by atoms with E-state index in [-0.39, 0.29) is 0 Å². The van der Waals surface area contributed by atoms with Gasteiger partial charge in [0.2, 0.25) is 11.9 Å². The summed E-state index contributed by atoms with van der Waals surface area (Å²) in [5, 5.41) is 15.7. The molecule has 0 amide bonds. The van der Waals surface area contributed by atoms with Crippen LogP contribution in [-0.4, -0.2) is 57.3 Å². The van der Waals surface area contributed by atoms with Crippen LogP contribution in [0.4, 0.5) is 0 Å². The number of fused-ring (bicyclic) bond motifs is 19. The van der Waals surface area contributed by atoms with Crippen molar-refractivity contribution in [3.63, 3.8) is 0 Å². The van der Waals surface area contributed by atoms with Crippen molar-refractivity contribution in [2.75, 3.05) is 0 Å². The predicted molar refractivity (Wildman–Crippen MR) is 588 cm³/mol. The summed E-state index contributed by atoms with van der Waals surface area (Å²) in [7, 11) is 0. The Morgan fingerprint density at radius 3 is 0.732 bits per heavy atom. The SMILES string of the molecule is c1ccc(-c2cc(-c3ccccc3)nc(-c3ccc(-n4c5ccccc5c5cc(-n6c7ccccc7c7ccccc76)ccc54)cc3)n2)cc1.c1ccc(-c2cc(-c3ccccc3)nc(-n3c4ccccc4c4cc(-n5c6ccccc6c6ccccc65)ccc43)n2)cc1.c1ccc(-c2nc(-n3c4ccccc4c4cc(-c5ccc6c(c5)c5ccccc5n6-c5ccccc5)ccc43)nc3ccccc23)cc1. The molecule has 0 fully saturated rings. The minimum atomic E-state index is 0.654. The van der Waals surface area contributed by atoms with Crippen molar-refractivity contribution >= 4 is 142 Å². The Morgan fingerprint density at radius 2 is 0.366 bits per heavy atom. The summed E-state index contributed by atoms with van der Waals surface area (Å²) in [6.07, 6.45) is 0. The van der Waals surface area contributed by atoms with Gasteiger partial charge < -0.3 is 18.3 Å². The number of benzene rings is 20. The van der Waals surface area contributed by atoms with Crippen LogP contribution < -0.4 is 0 Å². The molecule has 9 aromatic heterocycles. The topological polar surface area (TPSA) is 107 Å². The Bertz CT molecular complexity index is 9750. The van der Waals surface area contributed by atoms with Gasteiger partial charge in [-0.25, -0.2) is 29.9 Å². The van der Waals surface area contributed by atoms with Crippen LogP contribution in [0.1, 0.15) is 0 Å². The van der Waals surface area contributed by atoms with E-state index < -0.39 is 0 Å². The fourth-order valence-electron chi connectivity index (χ4n) is 21.3. The van der Waals surface area contributed by atoms with Crippen molar-refractivity contribution < 1.29 is 0 Å². The molecule has 142 heavy (non-hydrogen) atoms. The number of aromatic nitrogens is 12. The molecule has 29 rings (SSSR count). The molecule has 0 aliphatic rings. The quantitative estimate of drug-likeness (QED) is 0.114. The summed E-state index contributed by atoms with van der Waals surface area (Å²) < 4.78 is 13.9. The van der Waals surface area contributed by atoms with E-state index in [1.165, 1.54) is 109 Å². The van der Waals surface area contributed by atoms with Gasteiger partial charge in [-0.2, -0.15) is 0 Å². The molecule has 0 aliphatic heterocycles. The van der Waals surface area contributed by atoms with Crippen LogP contribution in [0.15, 0.2) is 510 Å². The zero-order valence-electron chi connectivity index (χ0n) is 76.9. The molecule has 0 spiro atoms. The molecule has 0 saturated carbocycles. The van der Waals surface area contributed by atoms with Gasteiger partial charge in [-0.15, -0.1) is 0 Å². The third-order valence-electron chi connectivity index (χ3n) is 27.8. The average Bonchev–Trinajstić information content (AvgIpc) is 1.61. The van der Waals surface area contributed by atoms with E-state index in [9.17, 15) is 0 Å². The molecule has 29 aromatic rings. The molecule has 9 heterocycles. The highest BCUT2D eigenvalue weighted by molar-refractivity contribution is 6.17. The molecule has 20 aromatic carbocycles. The van der Waals surface area contributed by atoms with Crippen molar-refractivity contribution in [1.29, 1.82) is 0 Å². The Kier molecular flexibility index (Phi) is 20.0. The number of hydrogen-bond acceptors (Lipinski definition) is 6. The standard InChI is InChI=1S/C46H30N4.C44H28N4.C40H26N4/c1-3-13-31(14-4-1)40-30-41(32-15-5-2-6-16-32)48-46(47-40)33-23-25-34(26-24-33)49-44-22-12-9-19-38(44)39-29-35(27-28-45(39)49)50-42-20-10-7-17-36(42)37-18-8-11-21-43(37)50;1-3-13-29(14-4-1)43-35-19-7-10-20-38(35)45-44(46-43)48-40-22-12-9-18-34(40)37-28-31(24-26-42(37)48)30-23-25-41-36(27-30)33-17-8-11-21-39(33)47(41)32-15-5-2-6-16-32;1-3-13-27(14-4-1)34-26-35(28-15-5-2-6-16-28)42-40(41-34)44-38-22-12-9-19-32(38)33-25-29(23-24-39(33)44)43-36-20-10-7-17-30(36)31-18-8-11-21-37(31)43/h1-30H;1-28H;1-26H. The van der Waals surface area contributed by atoms with Crippen LogP contribution in [0, 0.1) is 0 Å². The fraction of sp³-hybridized carbons (Fsp3) is 0. The highest BCUT2D eigenvalue weighted by Crippen LogP contribution is 2.45. The first-order valence-electron chi connectivity index (χ1n) is 48.0. The summed E-state index contributed by atoms with van der Waals surface area (Å²) >= 11 is 0. The normalized spacial score (nSPS) is 11.7. The highest BCUT2D eigenvalue weighted by Gasteiger charge is 2.25. The van der Waals surface area contributed by atoms with Crippen molar-refractivity contribution in [3.05, 3.63) is 510 Å². The van der Waals surface area contributed by atoms with Gasteiger partial charge in [-0.05, 0) is 175 Å². The van der Waals surface area contributed by atoms with Gasteiger partial charge in [-0.3, -0.25) is 9.13 Å². The van der Waals surface area contributed by atoms with E-state index in [0.29, 0.717) is 17.7 Å². The van der Waals surface area contributed by atoms with Gasteiger partial charge in [0.15, 0.2) is 5.82 Å². The minimum absolute atomic E-state index is 0.654. The lowest BCUT2D eigenvalue weighted by Gasteiger charge is -2.12. The lowest BCUT2D eigenvalue weighted by Crippen LogP contribution is -2.04. The molecule has 0 bridgehead atoms. The van der Waals surface area contributed by atoms with E-state index >= 15 is 0 Å². The number of nitrogens with zero attached hydrogens (tertiary/aromatic N) is 12. The third kappa shape index (κ3) is 14.1. The van der Waals surface area contributed by atoms with Gasteiger partial charge in [0, 0.05) is 126 Å². The zero-order valence-corrected chi connectivity index (χ0v) is 76.9. The van der Waals surface area contributed by atoms with E-state index in [0.717, 1.165) is 128 Å². The average molecular weight is 1810 g/mol. The molecule has 12 nitrogen and oxygen atoms in total. The van der Waals surface area contributed by atoms with Gasteiger partial charge in [0.1, 0.15) is 0 Å². The molecular formula is C130H84N12. The molecule has 12 heteroatoms. The van der Waals surface area contributed by atoms with Crippen molar-refractivity contribution in [2.24, 2.45) is 0 Å². The second kappa shape index (κ2) is 34.5. The number of rotatable bonds is 13. The first-order chi connectivity index (χ1) is 70.4. The number of para-hydroxylation sites is 10. The van der Waals surface area contributed by atoms with E-state index in [4.69, 9.17) is 29.9 Å². The summed E-state index contributed by atoms with van der Waals surface area (Å²) in [6.45, 7) is 0. The summed E-state index contributed by atoms with van der Waals surface area (Å²) in [5.41, 5.74) is 32.5. The lowest BCUT2D eigenvalue weighted by atomic mass is 10.0. The molecule has 0 aliphatic carbocycles. The maximum atomic E-state index is 5.23. The predicted octanol–water partition coefficient (Wildman–Crippen LogP) is 32.8. The molecule has 0 atom stereocenters. The maximum Gasteiger partial charge on any atom is 0.235 e. The second-order valence-electron chi connectivity index (χ2n) is 36.0. The molecule has 664 valence electrons. The van der Waals surface area contributed by atoms with Crippen LogP contribution in [0.3, 0.4) is 0 Å². The van der Waals surface area contributed by atoms with E-state index in [1.54, 1.807) is 0 Å². The summed E-state index contributed by atoms with van der Waals surface area (Å²) in [6, 6.07) is 180. The van der Waals surface area contributed by atoms with E-state index in [1.807, 2.05) is 60.7 Å². The minimum Gasteiger partial charge on any atom is -0.309 e. The Balaban J connectivity index is 0.000000107. The Hall–Kier alpha value is -19.3. The van der Waals surface area contributed by atoms with E-state index in [2.05, 4.69) is 476 Å². The molecule has 0 N–H and O–H groups in total. The van der Waals surface area contributed by atoms with Crippen LogP contribution in [0.25, 0.3) is 255 Å². The number of hydrogen-bond donors (Lipinski definition) is 0. The zero-order chi connectivity index (χ0) is 93.7. The third-order valence-corrected chi connectivity index (χ3v) is 27.8. The molecule has 0 saturated heterocycles. The van der Waals surface area contributed by atoms with Gasteiger partial charge >= 0.3 is 0 Å². The first kappa shape index (κ1) is 82.2. The van der Waals surface area contributed by atoms with Crippen molar-refractivity contribution in [1.82, 2.24) is 57.3 Å². The smallest absolute Gasteiger partial charge is 0.235 e. The molecule has 0 radical (unpaired) electrons. The highest BCUT2D eigenvalue weighted by atomic mass is 15.2. The summed E-state index contributed by atoms with van der Waals surface area (Å²) in [5.74, 6) is 2.03. The second-order valence-corrected chi connectivity index (χ2v) is 36.0. The van der Waals surface area contributed by atoms with Crippen LogP contribution in [0.2, 0.25) is 0 Å². The Labute approximate surface area is 816 Å². The van der Waals surface area contributed by atoms with Crippen LogP contribution in [0.5, 0.6) is 0 Å². The molecular weight excluding hydrogens is 1730 g/mol. The van der Waals surface area contributed by atoms with Gasteiger partial charge in [-0.1, -0.05) is 346 Å². The fourth-order valence-corrected chi connectivity index (χ4v) is 21.3. The molecule has 0 unspecified atom stereocenters. The Morgan fingerprint density at radius 1 is 0.127 bits per heavy atom. The monoisotopic (exact) mass is 1810 g/mol. The maximum absolute atomic E-state index is 5.23. The lowest BCUT2D eigenvalue weighted by molar-refractivity contribution is 0.995. The first-order valence-corrected chi connectivity index (χ1v) is 48.0. The van der Waals surface area contributed by atoms with Gasteiger partial charge in [0.25, 0.3) is 0 Å². The van der Waals surface area contributed by atoms with Gasteiger partial charge in [0.05, 0.1) is 100 Å². The largest absolute Gasteiger partial charge is 0.309 e. The van der Waals surface area contributed by atoms with Crippen molar-refractivity contribution in [2.45, 2.75) is 0 Å². The van der Waals surface area contributed by atoms with Crippen molar-refractivity contribution in [3.8, 4) is 113 Å². The summed E-state index contributed by atoms with van der Waals surface area (Å²) in [4.78, 5) is 30.8.